The smallest absolute Gasteiger partial charge is 0.243 e. The lowest BCUT2D eigenvalue weighted by Gasteiger charge is -2.29. The SMILES string of the molecule is Cc1ccc(N([C@@H](C)C(=O)N[C@@H](C)CCc2ccccc2)S(C)(=O)=O)cc1C. The number of benzene rings is 2. The Labute approximate surface area is 168 Å². The van der Waals surface area contributed by atoms with E-state index in [0.717, 1.165) is 30.2 Å². The third kappa shape index (κ3) is 5.83. The Balaban J connectivity index is 2.09. The highest BCUT2D eigenvalue weighted by Gasteiger charge is 2.29. The van der Waals surface area contributed by atoms with Crippen LogP contribution in [-0.4, -0.2) is 32.7 Å². The highest BCUT2D eigenvalue weighted by molar-refractivity contribution is 7.92. The number of nitrogens with zero attached hydrogens (tertiary/aromatic N) is 1. The summed E-state index contributed by atoms with van der Waals surface area (Å²) in [5.41, 5.74) is 3.77. The van der Waals surface area contributed by atoms with Gasteiger partial charge in [0.15, 0.2) is 0 Å². The van der Waals surface area contributed by atoms with Crippen molar-refractivity contribution in [3.63, 3.8) is 0 Å². The number of anilines is 1. The van der Waals surface area contributed by atoms with Gasteiger partial charge in [-0.05, 0) is 69.4 Å². The van der Waals surface area contributed by atoms with Crippen molar-refractivity contribution in [2.45, 2.75) is 52.6 Å². The van der Waals surface area contributed by atoms with Crippen molar-refractivity contribution >= 4 is 21.6 Å². The molecule has 0 unspecified atom stereocenters. The Morgan fingerprint density at radius 3 is 2.25 bits per heavy atom. The van der Waals surface area contributed by atoms with E-state index in [1.165, 1.54) is 9.87 Å². The summed E-state index contributed by atoms with van der Waals surface area (Å²) in [6.07, 6.45) is 2.76. The van der Waals surface area contributed by atoms with Crippen LogP contribution < -0.4 is 9.62 Å². The molecule has 0 fully saturated rings. The van der Waals surface area contributed by atoms with Gasteiger partial charge < -0.3 is 5.32 Å². The van der Waals surface area contributed by atoms with Crippen molar-refractivity contribution in [2.24, 2.45) is 0 Å². The maximum absolute atomic E-state index is 12.8. The number of nitrogens with one attached hydrogen (secondary N) is 1. The maximum Gasteiger partial charge on any atom is 0.243 e. The highest BCUT2D eigenvalue weighted by atomic mass is 32.2. The molecule has 6 heteroatoms. The first-order valence-corrected chi connectivity index (χ1v) is 11.4. The number of carbonyl (C=O) groups is 1. The summed E-state index contributed by atoms with van der Waals surface area (Å²) in [5, 5.41) is 2.95. The van der Waals surface area contributed by atoms with Crippen LogP contribution in [0.3, 0.4) is 0 Å². The minimum atomic E-state index is -3.61. The van der Waals surface area contributed by atoms with E-state index < -0.39 is 16.1 Å². The van der Waals surface area contributed by atoms with E-state index in [-0.39, 0.29) is 11.9 Å². The predicted octanol–water partition coefficient (Wildman–Crippen LogP) is 3.60. The molecular weight excluding hydrogens is 372 g/mol. The van der Waals surface area contributed by atoms with Crippen LogP contribution in [-0.2, 0) is 21.2 Å². The molecule has 2 rings (SSSR count). The van der Waals surface area contributed by atoms with Gasteiger partial charge in [-0.3, -0.25) is 9.10 Å². The van der Waals surface area contributed by atoms with Crippen LogP contribution in [0.5, 0.6) is 0 Å². The first-order chi connectivity index (χ1) is 13.1. The van der Waals surface area contributed by atoms with Gasteiger partial charge in [0.05, 0.1) is 11.9 Å². The lowest BCUT2D eigenvalue weighted by Crippen LogP contribution is -2.50. The molecule has 0 spiro atoms. The van der Waals surface area contributed by atoms with E-state index in [2.05, 4.69) is 17.4 Å². The van der Waals surface area contributed by atoms with Crippen molar-refractivity contribution in [1.29, 1.82) is 0 Å². The van der Waals surface area contributed by atoms with Crippen LogP contribution >= 0.6 is 0 Å². The molecule has 0 saturated heterocycles. The van der Waals surface area contributed by atoms with Gasteiger partial charge in [0.25, 0.3) is 0 Å². The third-order valence-corrected chi connectivity index (χ3v) is 6.17. The van der Waals surface area contributed by atoms with Crippen molar-refractivity contribution in [1.82, 2.24) is 5.32 Å². The van der Waals surface area contributed by atoms with Gasteiger partial charge in [-0.15, -0.1) is 0 Å². The van der Waals surface area contributed by atoms with Crippen LogP contribution in [0.2, 0.25) is 0 Å². The number of hydrogen-bond acceptors (Lipinski definition) is 3. The lowest BCUT2D eigenvalue weighted by molar-refractivity contribution is -0.122. The summed E-state index contributed by atoms with van der Waals surface area (Å²) in [4.78, 5) is 12.8. The lowest BCUT2D eigenvalue weighted by atomic mass is 10.1. The molecule has 0 saturated carbocycles. The molecule has 5 nitrogen and oxygen atoms in total. The third-order valence-electron chi connectivity index (χ3n) is 4.93. The first kappa shape index (κ1) is 22.0. The van der Waals surface area contributed by atoms with Gasteiger partial charge in [-0.1, -0.05) is 36.4 Å². The fourth-order valence-corrected chi connectivity index (χ4v) is 4.30. The largest absolute Gasteiger partial charge is 0.352 e. The molecule has 0 bridgehead atoms. The zero-order valence-corrected chi connectivity index (χ0v) is 18.1. The molecule has 0 aliphatic carbocycles. The number of carbonyl (C=O) groups excluding carboxylic acids is 1. The molecule has 1 N–H and O–H groups in total. The molecule has 2 aromatic rings. The van der Waals surface area contributed by atoms with Gasteiger partial charge in [0.2, 0.25) is 15.9 Å². The maximum atomic E-state index is 12.8. The van der Waals surface area contributed by atoms with Crippen LogP contribution in [0.4, 0.5) is 5.69 Å². The normalized spacial score (nSPS) is 13.6. The standard InChI is InChI=1S/C22H30N2O3S/c1-16-11-14-21(15-17(16)2)24(28(5,26)27)19(4)22(25)23-18(3)12-13-20-9-7-6-8-10-20/h6-11,14-15,18-19H,12-13H2,1-5H3,(H,23,25)/t18-,19-/m0/s1. The fourth-order valence-electron chi connectivity index (χ4n) is 3.13. The molecule has 2 atom stereocenters. The van der Waals surface area contributed by atoms with Crippen molar-refractivity contribution < 1.29 is 13.2 Å². The van der Waals surface area contributed by atoms with Crippen LogP contribution in [0.1, 0.15) is 37.0 Å². The van der Waals surface area contributed by atoms with Crippen LogP contribution in [0.25, 0.3) is 0 Å². The number of amides is 1. The van der Waals surface area contributed by atoms with Crippen LogP contribution in [0, 0.1) is 13.8 Å². The van der Waals surface area contributed by atoms with Gasteiger partial charge in [0, 0.05) is 6.04 Å². The highest BCUT2D eigenvalue weighted by Crippen LogP contribution is 2.23. The average Bonchev–Trinajstić information content (AvgIpc) is 2.62. The van der Waals surface area contributed by atoms with Gasteiger partial charge >= 0.3 is 0 Å². The van der Waals surface area contributed by atoms with E-state index in [0.29, 0.717) is 5.69 Å². The molecule has 0 heterocycles. The molecule has 152 valence electrons. The molecule has 0 aromatic heterocycles. The van der Waals surface area contributed by atoms with Gasteiger partial charge in [-0.25, -0.2) is 8.42 Å². The quantitative estimate of drug-likeness (QED) is 0.734. The van der Waals surface area contributed by atoms with E-state index in [1.54, 1.807) is 19.1 Å². The van der Waals surface area contributed by atoms with Gasteiger partial charge in [-0.2, -0.15) is 0 Å². The van der Waals surface area contributed by atoms with Crippen LogP contribution in [0.15, 0.2) is 48.5 Å². The first-order valence-electron chi connectivity index (χ1n) is 9.50. The average molecular weight is 403 g/mol. The van der Waals surface area contributed by atoms with Crippen molar-refractivity contribution in [3.8, 4) is 0 Å². The van der Waals surface area contributed by atoms with Crippen molar-refractivity contribution in [3.05, 3.63) is 65.2 Å². The molecule has 2 aromatic carbocycles. The monoisotopic (exact) mass is 402 g/mol. The Bertz CT molecular complexity index is 911. The summed E-state index contributed by atoms with van der Waals surface area (Å²) in [6.45, 7) is 7.45. The van der Waals surface area contributed by atoms with Crippen molar-refractivity contribution in [2.75, 3.05) is 10.6 Å². The zero-order valence-electron chi connectivity index (χ0n) is 17.3. The van der Waals surface area contributed by atoms with Gasteiger partial charge in [0.1, 0.15) is 6.04 Å². The Hall–Kier alpha value is -2.34. The van der Waals surface area contributed by atoms with E-state index in [4.69, 9.17) is 0 Å². The summed E-state index contributed by atoms with van der Waals surface area (Å²) in [6, 6.07) is 14.6. The number of aryl methyl sites for hydroxylation is 3. The molecular formula is C22H30N2O3S. The fraction of sp³-hybridized carbons (Fsp3) is 0.409. The summed E-state index contributed by atoms with van der Waals surface area (Å²) in [5.74, 6) is -0.302. The second-order valence-corrected chi connectivity index (χ2v) is 9.30. The molecule has 1 amide bonds. The Kier molecular flexibility index (Phi) is 7.24. The summed E-state index contributed by atoms with van der Waals surface area (Å²) < 4.78 is 26.0. The minimum Gasteiger partial charge on any atom is -0.352 e. The molecule has 0 radical (unpaired) electrons. The second-order valence-electron chi connectivity index (χ2n) is 7.44. The second kappa shape index (κ2) is 9.24. The number of hydrogen-bond donors (Lipinski definition) is 1. The van der Waals surface area contributed by atoms with E-state index in [9.17, 15) is 13.2 Å². The predicted molar refractivity (Wildman–Crippen MR) is 115 cm³/mol. The molecule has 0 aliphatic heterocycles. The Morgan fingerprint density at radius 2 is 1.68 bits per heavy atom. The Morgan fingerprint density at radius 1 is 1.04 bits per heavy atom. The number of rotatable bonds is 8. The topological polar surface area (TPSA) is 66.5 Å². The van der Waals surface area contributed by atoms with E-state index in [1.807, 2.05) is 45.0 Å². The zero-order chi connectivity index (χ0) is 20.9. The summed E-state index contributed by atoms with van der Waals surface area (Å²) >= 11 is 0. The molecule has 0 aliphatic rings. The minimum absolute atomic E-state index is 0.0590. The summed E-state index contributed by atoms with van der Waals surface area (Å²) in [7, 11) is -3.61. The van der Waals surface area contributed by atoms with E-state index >= 15 is 0 Å². The molecule has 28 heavy (non-hydrogen) atoms. The number of sulfonamides is 1.